The largest absolute Gasteiger partial charge is 0.462 e. The highest BCUT2D eigenvalue weighted by molar-refractivity contribution is 8.01. The van der Waals surface area contributed by atoms with Gasteiger partial charge in [-0.1, -0.05) is 30.0 Å². The number of amides is 1. The van der Waals surface area contributed by atoms with E-state index in [1.54, 1.807) is 32.4 Å². The zero-order valence-corrected chi connectivity index (χ0v) is 21.8. The van der Waals surface area contributed by atoms with E-state index in [1.165, 1.54) is 27.4 Å². The lowest BCUT2D eigenvalue weighted by Crippen LogP contribution is -2.44. The zero-order chi connectivity index (χ0) is 24.3. The molecule has 1 N–H and O–H groups in total. The van der Waals surface area contributed by atoms with E-state index in [1.807, 2.05) is 6.92 Å². The molecule has 1 fully saturated rings. The molecule has 1 atom stereocenters. The van der Waals surface area contributed by atoms with E-state index in [9.17, 15) is 18.0 Å². The number of esters is 1. The number of nitrogens with one attached hydrogen (secondary N) is 1. The number of hydrogen-bond acceptors (Lipinski definition) is 9. The normalized spacial score (nSPS) is 17.2. The Morgan fingerprint density at radius 1 is 1.24 bits per heavy atom. The molecule has 2 aromatic rings. The third kappa shape index (κ3) is 5.26. The van der Waals surface area contributed by atoms with Gasteiger partial charge in [-0.3, -0.25) is 4.79 Å². The molecule has 2 aromatic heterocycles. The Morgan fingerprint density at radius 3 is 2.64 bits per heavy atom. The first-order valence-corrected chi connectivity index (χ1v) is 14.0. The lowest BCUT2D eigenvalue weighted by Gasteiger charge is -2.31. The van der Waals surface area contributed by atoms with Crippen LogP contribution in [-0.4, -0.2) is 64.8 Å². The zero-order valence-electron chi connectivity index (χ0n) is 19.4. The van der Waals surface area contributed by atoms with Crippen molar-refractivity contribution >= 4 is 50.1 Å². The Balaban J connectivity index is 1.84. The summed E-state index contributed by atoms with van der Waals surface area (Å²) in [4.78, 5) is 25.4. The molecule has 1 aliphatic heterocycles. The molecule has 3 rings (SSSR count). The van der Waals surface area contributed by atoms with E-state index in [-0.39, 0.29) is 36.1 Å². The summed E-state index contributed by atoms with van der Waals surface area (Å²) in [7, 11) is -2.31. The van der Waals surface area contributed by atoms with Crippen molar-refractivity contribution in [3.63, 3.8) is 0 Å². The summed E-state index contributed by atoms with van der Waals surface area (Å²) in [5, 5.41) is 11.2. The lowest BCUT2D eigenvalue weighted by molar-refractivity contribution is -0.120. The molecule has 13 heteroatoms. The molecule has 1 amide bonds. The summed E-state index contributed by atoms with van der Waals surface area (Å²) in [6.45, 7) is 7.48. The van der Waals surface area contributed by atoms with Gasteiger partial charge in [0.2, 0.25) is 21.1 Å². The molecule has 0 aromatic carbocycles. The van der Waals surface area contributed by atoms with Gasteiger partial charge in [-0.05, 0) is 39.4 Å². The molecule has 0 bridgehead atoms. The first-order valence-electron chi connectivity index (χ1n) is 10.7. The second-order valence-corrected chi connectivity index (χ2v) is 12.0. The number of sulfonamides is 1. The molecule has 0 unspecified atom stereocenters. The van der Waals surface area contributed by atoms with Gasteiger partial charge in [-0.15, -0.1) is 10.2 Å². The van der Waals surface area contributed by atoms with Crippen molar-refractivity contribution in [3.05, 3.63) is 17.0 Å². The standard InChI is InChI=1S/C20H29N5O5S3/c1-6-30-18(27)15-12(3)24(5)13(4)16(15)33(28,29)25-10-8-9-14(11-25)17(26)21-19-22-23-20(32-19)31-7-2/h14H,6-11H2,1-5H3,(H,21,22,26)/t14-/m1/s1. The van der Waals surface area contributed by atoms with Crippen molar-refractivity contribution in [2.75, 3.05) is 30.8 Å². The number of aromatic nitrogens is 3. The number of nitrogens with zero attached hydrogens (tertiary/aromatic N) is 4. The molecule has 1 saturated heterocycles. The van der Waals surface area contributed by atoms with E-state index in [4.69, 9.17) is 4.74 Å². The molecule has 3 heterocycles. The van der Waals surface area contributed by atoms with E-state index in [0.717, 1.165) is 10.1 Å². The van der Waals surface area contributed by atoms with Crippen LogP contribution in [0.15, 0.2) is 9.24 Å². The summed E-state index contributed by atoms with van der Waals surface area (Å²) in [6.07, 6.45) is 1.09. The maximum Gasteiger partial charge on any atom is 0.341 e. The lowest BCUT2D eigenvalue weighted by atomic mass is 9.99. The van der Waals surface area contributed by atoms with Gasteiger partial charge in [-0.25, -0.2) is 13.2 Å². The quantitative estimate of drug-likeness (QED) is 0.323. The van der Waals surface area contributed by atoms with Crippen LogP contribution in [0.3, 0.4) is 0 Å². The maximum atomic E-state index is 13.7. The van der Waals surface area contributed by atoms with E-state index >= 15 is 0 Å². The minimum atomic E-state index is -4.03. The van der Waals surface area contributed by atoms with Gasteiger partial charge < -0.3 is 14.6 Å². The van der Waals surface area contributed by atoms with Crippen LogP contribution in [0.2, 0.25) is 0 Å². The van der Waals surface area contributed by atoms with Crippen LogP contribution < -0.4 is 5.32 Å². The van der Waals surface area contributed by atoms with Crippen molar-refractivity contribution in [3.8, 4) is 0 Å². The van der Waals surface area contributed by atoms with Crippen LogP contribution in [0, 0.1) is 19.8 Å². The number of hydrogen-bond donors (Lipinski definition) is 1. The first kappa shape index (κ1) is 25.7. The Bertz CT molecular complexity index is 1140. The van der Waals surface area contributed by atoms with Crippen LogP contribution in [0.4, 0.5) is 5.13 Å². The fraction of sp³-hybridized carbons (Fsp3) is 0.600. The van der Waals surface area contributed by atoms with Crippen LogP contribution in [0.1, 0.15) is 48.4 Å². The molecule has 0 saturated carbocycles. The Kier molecular flexibility index (Phi) is 8.19. The molecule has 0 spiro atoms. The molecule has 182 valence electrons. The summed E-state index contributed by atoms with van der Waals surface area (Å²) >= 11 is 2.83. The highest BCUT2D eigenvalue weighted by Crippen LogP contribution is 2.32. The average molecular weight is 516 g/mol. The maximum absolute atomic E-state index is 13.7. The third-order valence-electron chi connectivity index (χ3n) is 5.66. The highest BCUT2D eigenvalue weighted by Gasteiger charge is 2.39. The van der Waals surface area contributed by atoms with Crippen molar-refractivity contribution in [1.82, 2.24) is 19.1 Å². The fourth-order valence-corrected chi connectivity index (χ4v) is 7.48. The minimum Gasteiger partial charge on any atom is -0.462 e. The Hall–Kier alpha value is -1.96. The summed E-state index contributed by atoms with van der Waals surface area (Å²) < 4.78 is 36.2. The van der Waals surface area contributed by atoms with Gasteiger partial charge in [0.25, 0.3) is 0 Å². The van der Waals surface area contributed by atoms with Gasteiger partial charge in [-0.2, -0.15) is 4.31 Å². The molecule has 1 aliphatic rings. The predicted molar refractivity (Wildman–Crippen MR) is 127 cm³/mol. The average Bonchev–Trinajstić information content (AvgIpc) is 3.31. The SMILES string of the molecule is CCOC(=O)c1c(S(=O)(=O)N2CCC[C@@H](C(=O)Nc3nnc(SCC)s3)C2)c(C)n(C)c1C. The summed E-state index contributed by atoms with van der Waals surface area (Å²) in [5.74, 6) is -0.633. The molecular weight excluding hydrogens is 486 g/mol. The topological polar surface area (TPSA) is 123 Å². The number of rotatable bonds is 8. The smallest absolute Gasteiger partial charge is 0.341 e. The molecular formula is C20H29N5O5S3. The monoisotopic (exact) mass is 515 g/mol. The number of anilines is 1. The van der Waals surface area contributed by atoms with Gasteiger partial charge in [0, 0.05) is 31.5 Å². The fourth-order valence-electron chi connectivity index (χ4n) is 3.83. The number of carbonyl (C=O) groups is 2. The highest BCUT2D eigenvalue weighted by atomic mass is 32.2. The minimum absolute atomic E-state index is 0.0270. The Labute approximate surface area is 202 Å². The van der Waals surface area contributed by atoms with Gasteiger partial charge in [0.05, 0.1) is 12.5 Å². The van der Waals surface area contributed by atoms with Crippen LogP contribution >= 0.6 is 23.1 Å². The predicted octanol–water partition coefficient (Wildman–Crippen LogP) is 2.82. The van der Waals surface area contributed by atoms with Crippen LogP contribution in [-0.2, 0) is 26.6 Å². The van der Waals surface area contributed by atoms with E-state index in [0.29, 0.717) is 29.4 Å². The molecule has 10 nitrogen and oxygen atoms in total. The van der Waals surface area contributed by atoms with E-state index in [2.05, 4.69) is 15.5 Å². The number of piperidine rings is 1. The van der Waals surface area contributed by atoms with Crippen molar-refractivity contribution in [1.29, 1.82) is 0 Å². The van der Waals surface area contributed by atoms with Gasteiger partial charge in [0.15, 0.2) is 4.34 Å². The molecule has 0 aliphatic carbocycles. The summed E-state index contributed by atoms with van der Waals surface area (Å²) in [6, 6.07) is 0. The van der Waals surface area contributed by atoms with Gasteiger partial charge in [0.1, 0.15) is 10.5 Å². The Morgan fingerprint density at radius 2 is 1.97 bits per heavy atom. The van der Waals surface area contributed by atoms with Crippen molar-refractivity contribution in [2.24, 2.45) is 13.0 Å². The summed E-state index contributed by atoms with van der Waals surface area (Å²) in [5.41, 5.74) is 1.03. The number of ether oxygens (including phenoxy) is 1. The number of carbonyl (C=O) groups excluding carboxylic acids is 2. The second-order valence-electron chi connectivity index (χ2n) is 7.65. The first-order chi connectivity index (χ1) is 15.6. The third-order valence-corrected chi connectivity index (χ3v) is 9.54. The molecule has 33 heavy (non-hydrogen) atoms. The second kappa shape index (κ2) is 10.5. The van der Waals surface area contributed by atoms with Crippen molar-refractivity contribution < 1.29 is 22.7 Å². The van der Waals surface area contributed by atoms with Crippen LogP contribution in [0.25, 0.3) is 0 Å². The molecule has 0 radical (unpaired) electrons. The van der Waals surface area contributed by atoms with Crippen LogP contribution in [0.5, 0.6) is 0 Å². The van der Waals surface area contributed by atoms with E-state index < -0.39 is 21.9 Å². The van der Waals surface area contributed by atoms with Gasteiger partial charge >= 0.3 is 5.97 Å². The number of thioether (sulfide) groups is 1. The van der Waals surface area contributed by atoms with Crippen molar-refractivity contribution in [2.45, 2.75) is 49.8 Å².